The second kappa shape index (κ2) is 11.5. The van der Waals surface area contributed by atoms with Gasteiger partial charge in [-0.2, -0.15) is 0 Å². The molecular formula is C38H55FN2O3S. The molecule has 0 amide bonds. The zero-order valence-electron chi connectivity index (χ0n) is 28.0. The number of nitrogens with one attached hydrogen (secondary N) is 1. The van der Waals surface area contributed by atoms with Crippen molar-refractivity contribution in [3.8, 4) is 0 Å². The van der Waals surface area contributed by atoms with Gasteiger partial charge in [0.15, 0.2) is 0 Å². The van der Waals surface area contributed by atoms with Gasteiger partial charge in [-0.05, 0) is 127 Å². The van der Waals surface area contributed by atoms with Crippen LogP contribution in [0.25, 0.3) is 5.57 Å². The maximum Gasteiger partial charge on any atom is 0.338 e. The summed E-state index contributed by atoms with van der Waals surface area (Å²) in [5.41, 5.74) is 3.00. The second-order valence-electron chi connectivity index (χ2n) is 16.6. The summed E-state index contributed by atoms with van der Waals surface area (Å²) in [5, 5.41) is 13.5. The van der Waals surface area contributed by atoms with E-state index in [1.165, 1.54) is 75.5 Å². The first-order valence-corrected chi connectivity index (χ1v) is 19.5. The number of carbonyl (C=O) groups is 1. The highest BCUT2D eigenvalue weighted by atomic mass is 32.2. The molecule has 6 unspecified atom stereocenters. The van der Waals surface area contributed by atoms with E-state index in [0.717, 1.165) is 61.5 Å². The Morgan fingerprint density at radius 2 is 1.78 bits per heavy atom. The summed E-state index contributed by atoms with van der Waals surface area (Å²) < 4.78 is 26.6. The third kappa shape index (κ3) is 4.94. The molecule has 4 saturated carbocycles. The normalized spacial score (nSPS) is 43.5. The summed E-state index contributed by atoms with van der Waals surface area (Å²) in [6.07, 6.45) is 15.3. The molecule has 5 aliphatic carbocycles. The predicted molar refractivity (Wildman–Crippen MR) is 180 cm³/mol. The van der Waals surface area contributed by atoms with Crippen LogP contribution in [-0.4, -0.2) is 63.4 Å². The highest BCUT2D eigenvalue weighted by Crippen LogP contribution is 2.75. The lowest BCUT2D eigenvalue weighted by atomic mass is 9.34. The first-order chi connectivity index (χ1) is 21.4. The molecule has 0 aromatic heterocycles. The van der Waals surface area contributed by atoms with E-state index in [0.29, 0.717) is 34.1 Å². The SMILES string of the molecule is CC1C(c2ccc(C(=O)O)c(F)c2)=CC[C@@]2(C)C1CC[C@]1(C)C2CCC2C3CCCC3(NCCN3CCS(=O)CC3)CC[C@]21C. The van der Waals surface area contributed by atoms with Crippen LogP contribution in [0.5, 0.6) is 0 Å². The number of aromatic carboxylic acids is 1. The fourth-order valence-electron chi connectivity index (χ4n) is 12.7. The summed E-state index contributed by atoms with van der Waals surface area (Å²) in [7, 11) is -0.612. The molecule has 5 fully saturated rings. The van der Waals surface area contributed by atoms with Gasteiger partial charge >= 0.3 is 5.97 Å². The van der Waals surface area contributed by atoms with E-state index in [9.17, 15) is 18.5 Å². The van der Waals surface area contributed by atoms with E-state index in [-0.39, 0.29) is 11.0 Å². The minimum absolute atomic E-state index is 0.226. The van der Waals surface area contributed by atoms with Crippen LogP contribution in [0.1, 0.15) is 108 Å². The summed E-state index contributed by atoms with van der Waals surface area (Å²) in [5.74, 6) is 2.94. The summed E-state index contributed by atoms with van der Waals surface area (Å²) in [6.45, 7) is 14.4. The second-order valence-corrected chi connectivity index (χ2v) is 18.3. The van der Waals surface area contributed by atoms with Crippen LogP contribution in [0.2, 0.25) is 0 Å². The number of carboxylic acid groups (broad SMARTS) is 1. The molecule has 1 aromatic rings. The van der Waals surface area contributed by atoms with Gasteiger partial charge in [0.05, 0.1) is 5.56 Å². The van der Waals surface area contributed by atoms with Crippen LogP contribution in [0.4, 0.5) is 4.39 Å². The van der Waals surface area contributed by atoms with Gasteiger partial charge in [-0.1, -0.05) is 46.3 Å². The molecule has 1 saturated heterocycles. The number of carboxylic acids is 1. The molecule has 0 radical (unpaired) electrons. The van der Waals surface area contributed by atoms with Crippen molar-refractivity contribution in [1.29, 1.82) is 0 Å². The van der Waals surface area contributed by atoms with Crippen molar-refractivity contribution in [2.45, 2.75) is 97.4 Å². The van der Waals surface area contributed by atoms with Gasteiger partial charge in [0, 0.05) is 54.0 Å². The largest absolute Gasteiger partial charge is 0.478 e. The maximum absolute atomic E-state index is 14.7. The van der Waals surface area contributed by atoms with Crippen molar-refractivity contribution in [3.63, 3.8) is 0 Å². The van der Waals surface area contributed by atoms with Crippen LogP contribution in [0, 0.1) is 51.7 Å². The van der Waals surface area contributed by atoms with Crippen LogP contribution in [-0.2, 0) is 10.8 Å². The molecule has 1 aliphatic heterocycles. The zero-order valence-corrected chi connectivity index (χ0v) is 28.8. The summed E-state index contributed by atoms with van der Waals surface area (Å²) >= 11 is 0. The average molecular weight is 639 g/mol. The number of rotatable bonds is 6. The summed E-state index contributed by atoms with van der Waals surface area (Å²) in [4.78, 5) is 13.9. The highest BCUT2D eigenvalue weighted by molar-refractivity contribution is 7.85. The number of fused-ring (bicyclic) bond motifs is 7. The molecular weight excluding hydrogens is 583 g/mol. The minimum atomic E-state index is -1.21. The number of benzene rings is 1. The molecule has 7 rings (SSSR count). The van der Waals surface area contributed by atoms with Crippen molar-refractivity contribution >= 4 is 22.3 Å². The zero-order chi connectivity index (χ0) is 31.8. The quantitative estimate of drug-likeness (QED) is 0.340. The number of hydrogen-bond donors (Lipinski definition) is 2. The van der Waals surface area contributed by atoms with E-state index >= 15 is 0 Å². The smallest absolute Gasteiger partial charge is 0.338 e. The molecule has 9 atom stereocenters. The standard InChI is InChI=1S/C38H55FN2O3S/c1-25-27(26-7-8-28(34(42)43)32(39)24-26)11-14-35(2)29(25)12-15-37(4)33(35)10-9-30-31-6-5-13-38(31,17-16-36(30,37)3)40-18-19-41-20-22-45(44)23-21-41/h7-8,11,24-25,29-31,33,40H,5-6,9-10,12-23H2,1-4H3,(H,42,43)/t25?,29?,30?,31?,33?,35-,36+,37+,38?/m0/s1. The molecule has 1 heterocycles. The van der Waals surface area contributed by atoms with Crippen LogP contribution in [0.3, 0.4) is 0 Å². The van der Waals surface area contributed by atoms with Crippen molar-refractivity contribution < 1.29 is 18.5 Å². The molecule has 2 N–H and O–H groups in total. The van der Waals surface area contributed by atoms with E-state index < -0.39 is 22.6 Å². The Morgan fingerprint density at radius 3 is 2.51 bits per heavy atom. The molecule has 1 aromatic carbocycles. The summed E-state index contributed by atoms with van der Waals surface area (Å²) in [6, 6.07) is 4.70. The van der Waals surface area contributed by atoms with Crippen LogP contribution >= 0.6 is 0 Å². The Morgan fingerprint density at radius 1 is 1.00 bits per heavy atom. The van der Waals surface area contributed by atoms with E-state index in [1.54, 1.807) is 0 Å². The lowest BCUT2D eigenvalue weighted by Gasteiger charge is -2.71. The van der Waals surface area contributed by atoms with Gasteiger partial charge in [0.1, 0.15) is 5.82 Å². The molecule has 248 valence electrons. The first-order valence-electron chi connectivity index (χ1n) is 18.0. The van der Waals surface area contributed by atoms with Gasteiger partial charge in [-0.25, -0.2) is 9.18 Å². The van der Waals surface area contributed by atoms with Crippen LogP contribution in [0.15, 0.2) is 24.3 Å². The Balaban J connectivity index is 1.10. The van der Waals surface area contributed by atoms with Crippen LogP contribution < -0.4 is 5.32 Å². The minimum Gasteiger partial charge on any atom is -0.478 e. The molecule has 0 spiro atoms. The molecule has 7 heteroatoms. The van der Waals surface area contributed by atoms with Gasteiger partial charge in [-0.3, -0.25) is 4.21 Å². The Bertz CT molecular complexity index is 1390. The van der Waals surface area contributed by atoms with Gasteiger partial charge in [0.2, 0.25) is 0 Å². The van der Waals surface area contributed by atoms with Gasteiger partial charge in [0.25, 0.3) is 0 Å². The molecule has 6 aliphatic rings. The number of nitrogens with zero attached hydrogens (tertiary/aromatic N) is 1. The van der Waals surface area contributed by atoms with E-state index in [2.05, 4.69) is 44.0 Å². The monoisotopic (exact) mass is 638 g/mol. The Kier molecular flexibility index (Phi) is 8.21. The van der Waals surface area contributed by atoms with Gasteiger partial charge < -0.3 is 15.3 Å². The lowest BCUT2D eigenvalue weighted by molar-refractivity contribution is -0.211. The van der Waals surface area contributed by atoms with Crippen molar-refractivity contribution in [2.24, 2.45) is 45.8 Å². The number of allylic oxidation sites excluding steroid dienone is 2. The molecule has 45 heavy (non-hydrogen) atoms. The Labute approximate surface area is 272 Å². The number of halogens is 1. The number of hydrogen-bond acceptors (Lipinski definition) is 4. The van der Waals surface area contributed by atoms with Crippen molar-refractivity contribution in [2.75, 3.05) is 37.7 Å². The fourth-order valence-corrected chi connectivity index (χ4v) is 13.9. The molecule has 5 nitrogen and oxygen atoms in total. The third-order valence-electron chi connectivity index (χ3n) is 15.3. The fraction of sp³-hybridized carbons (Fsp3) is 0.763. The lowest BCUT2D eigenvalue weighted by Crippen LogP contribution is -2.67. The topological polar surface area (TPSA) is 69.6 Å². The third-order valence-corrected chi connectivity index (χ3v) is 16.5. The van der Waals surface area contributed by atoms with E-state index in [4.69, 9.17) is 0 Å². The Hall–Kier alpha value is -1.57. The van der Waals surface area contributed by atoms with Crippen molar-refractivity contribution in [3.05, 3.63) is 41.2 Å². The highest BCUT2D eigenvalue weighted by Gasteiger charge is 2.68. The maximum atomic E-state index is 14.7. The van der Waals surface area contributed by atoms with Gasteiger partial charge in [-0.15, -0.1) is 0 Å². The first kappa shape index (κ1) is 32.0. The predicted octanol–water partition coefficient (Wildman–Crippen LogP) is 7.39. The average Bonchev–Trinajstić information content (AvgIpc) is 3.42. The molecule has 0 bridgehead atoms. The van der Waals surface area contributed by atoms with E-state index in [1.807, 2.05) is 6.07 Å². The van der Waals surface area contributed by atoms with Crippen molar-refractivity contribution in [1.82, 2.24) is 10.2 Å².